The minimum absolute atomic E-state index is 0.0407. The number of likely N-dealkylation sites (tertiary alicyclic amines) is 1. The number of halogens is 1. The van der Waals surface area contributed by atoms with Gasteiger partial charge in [0.05, 0.1) is 12.0 Å². The normalized spacial score (nSPS) is 22.0. The summed E-state index contributed by atoms with van der Waals surface area (Å²) in [4.78, 5) is 26.3. The van der Waals surface area contributed by atoms with Gasteiger partial charge in [-0.2, -0.15) is 4.31 Å². The van der Waals surface area contributed by atoms with Crippen LogP contribution < -0.4 is 0 Å². The molecular formula is C18H23FN2O5S. The van der Waals surface area contributed by atoms with E-state index >= 15 is 0 Å². The van der Waals surface area contributed by atoms with Crippen molar-refractivity contribution in [1.82, 2.24) is 9.21 Å². The molecule has 148 valence electrons. The van der Waals surface area contributed by atoms with Crippen molar-refractivity contribution in [2.24, 2.45) is 5.92 Å². The lowest BCUT2D eigenvalue weighted by Gasteiger charge is -2.33. The summed E-state index contributed by atoms with van der Waals surface area (Å²) in [5, 5.41) is 0. The first-order valence-corrected chi connectivity index (χ1v) is 10.4. The van der Waals surface area contributed by atoms with E-state index in [2.05, 4.69) is 0 Å². The van der Waals surface area contributed by atoms with Gasteiger partial charge in [-0.3, -0.25) is 4.79 Å². The van der Waals surface area contributed by atoms with Crippen LogP contribution in [0.25, 0.3) is 0 Å². The standard InChI is InChI=1S/C18H23FN2O5S/c1-26-18(23)16-3-2-10-21(16)17(22)13-8-11-20(12-9-13)27(24,25)15-6-4-14(19)5-7-15/h4-7,13,16H,2-3,8-12H2,1H3. The zero-order valence-corrected chi connectivity index (χ0v) is 16.0. The highest BCUT2D eigenvalue weighted by Gasteiger charge is 2.40. The van der Waals surface area contributed by atoms with E-state index in [1.54, 1.807) is 4.90 Å². The summed E-state index contributed by atoms with van der Waals surface area (Å²) < 4.78 is 44.5. The number of rotatable bonds is 4. The number of hydrogen-bond donors (Lipinski definition) is 0. The first kappa shape index (κ1) is 19.8. The van der Waals surface area contributed by atoms with Crippen molar-refractivity contribution in [2.45, 2.75) is 36.6 Å². The van der Waals surface area contributed by atoms with Gasteiger partial charge in [-0.05, 0) is 49.9 Å². The highest BCUT2D eigenvalue weighted by molar-refractivity contribution is 7.89. The summed E-state index contributed by atoms with van der Waals surface area (Å²) in [5.41, 5.74) is 0. The number of ether oxygens (including phenoxy) is 1. The third-order valence-corrected chi connectivity index (χ3v) is 7.18. The van der Waals surface area contributed by atoms with E-state index in [1.807, 2.05) is 0 Å². The minimum Gasteiger partial charge on any atom is -0.467 e. The molecule has 1 aromatic rings. The second-order valence-electron chi connectivity index (χ2n) is 6.85. The van der Waals surface area contributed by atoms with Gasteiger partial charge in [0.15, 0.2) is 0 Å². The maximum atomic E-state index is 13.0. The Hall–Kier alpha value is -2.00. The molecule has 0 radical (unpaired) electrons. The molecular weight excluding hydrogens is 375 g/mol. The number of piperidine rings is 1. The Balaban J connectivity index is 1.64. The number of carbonyl (C=O) groups excluding carboxylic acids is 2. The predicted octanol–water partition coefficient (Wildman–Crippen LogP) is 1.39. The molecule has 27 heavy (non-hydrogen) atoms. The monoisotopic (exact) mass is 398 g/mol. The maximum absolute atomic E-state index is 13.0. The Labute approximate surface area is 158 Å². The average molecular weight is 398 g/mol. The van der Waals surface area contributed by atoms with Crippen LogP contribution in [0.1, 0.15) is 25.7 Å². The molecule has 0 aliphatic carbocycles. The van der Waals surface area contributed by atoms with E-state index in [-0.39, 0.29) is 29.8 Å². The van der Waals surface area contributed by atoms with Crippen molar-refractivity contribution in [3.63, 3.8) is 0 Å². The smallest absolute Gasteiger partial charge is 0.328 e. The van der Waals surface area contributed by atoms with Crippen molar-refractivity contribution in [2.75, 3.05) is 26.7 Å². The van der Waals surface area contributed by atoms with E-state index < -0.39 is 27.9 Å². The van der Waals surface area contributed by atoms with Crippen LogP contribution in [0, 0.1) is 11.7 Å². The molecule has 2 heterocycles. The fraction of sp³-hybridized carbons (Fsp3) is 0.556. The first-order valence-electron chi connectivity index (χ1n) is 8.98. The Morgan fingerprint density at radius 2 is 1.70 bits per heavy atom. The zero-order valence-electron chi connectivity index (χ0n) is 15.1. The molecule has 7 nitrogen and oxygen atoms in total. The minimum atomic E-state index is -3.71. The zero-order chi connectivity index (χ0) is 19.6. The number of methoxy groups -OCH3 is 1. The van der Waals surface area contributed by atoms with Crippen molar-refractivity contribution in [3.05, 3.63) is 30.1 Å². The number of nitrogens with zero attached hydrogens (tertiary/aromatic N) is 2. The second-order valence-corrected chi connectivity index (χ2v) is 8.78. The van der Waals surface area contributed by atoms with E-state index in [0.29, 0.717) is 25.8 Å². The Morgan fingerprint density at radius 3 is 2.30 bits per heavy atom. The van der Waals surface area contributed by atoms with Crippen molar-refractivity contribution in [3.8, 4) is 0 Å². The molecule has 3 rings (SSSR count). The van der Waals surface area contributed by atoms with Gasteiger partial charge in [0, 0.05) is 25.6 Å². The molecule has 1 unspecified atom stereocenters. The van der Waals surface area contributed by atoms with Gasteiger partial charge < -0.3 is 9.64 Å². The Morgan fingerprint density at radius 1 is 1.07 bits per heavy atom. The molecule has 2 saturated heterocycles. The Kier molecular flexibility index (Phi) is 5.81. The molecule has 2 aliphatic heterocycles. The first-order chi connectivity index (χ1) is 12.8. The highest BCUT2D eigenvalue weighted by atomic mass is 32.2. The van der Waals surface area contributed by atoms with Gasteiger partial charge in [-0.25, -0.2) is 17.6 Å². The lowest BCUT2D eigenvalue weighted by molar-refractivity contribution is -0.152. The third kappa shape index (κ3) is 3.98. The van der Waals surface area contributed by atoms with Gasteiger partial charge in [-0.15, -0.1) is 0 Å². The van der Waals surface area contributed by atoms with Crippen molar-refractivity contribution < 1.29 is 27.1 Å². The van der Waals surface area contributed by atoms with Crippen LogP contribution in [-0.4, -0.2) is 62.3 Å². The quantitative estimate of drug-likeness (QED) is 0.716. The van der Waals surface area contributed by atoms with E-state index in [1.165, 1.54) is 23.5 Å². The van der Waals surface area contributed by atoms with E-state index in [4.69, 9.17) is 4.74 Å². The molecule has 0 N–H and O–H groups in total. The van der Waals surface area contributed by atoms with Crippen molar-refractivity contribution in [1.29, 1.82) is 0 Å². The molecule has 2 fully saturated rings. The largest absolute Gasteiger partial charge is 0.467 e. The SMILES string of the molecule is COC(=O)C1CCCN1C(=O)C1CCN(S(=O)(=O)c2ccc(F)cc2)CC1. The summed E-state index contributed by atoms with van der Waals surface area (Å²) in [6.45, 7) is 0.951. The predicted molar refractivity (Wildman–Crippen MR) is 94.6 cm³/mol. The topological polar surface area (TPSA) is 84.0 Å². The number of benzene rings is 1. The van der Waals surface area contributed by atoms with Crippen LogP contribution >= 0.6 is 0 Å². The summed E-state index contributed by atoms with van der Waals surface area (Å²) >= 11 is 0. The van der Waals surface area contributed by atoms with Gasteiger partial charge >= 0.3 is 5.97 Å². The summed E-state index contributed by atoms with van der Waals surface area (Å²) in [6.07, 6.45) is 2.13. The van der Waals surface area contributed by atoms with Gasteiger partial charge in [-0.1, -0.05) is 0 Å². The van der Waals surface area contributed by atoms with Crippen LogP contribution in [0.3, 0.4) is 0 Å². The molecule has 9 heteroatoms. The van der Waals surface area contributed by atoms with E-state index in [0.717, 1.165) is 18.6 Å². The molecule has 0 spiro atoms. The Bertz CT molecular complexity index is 804. The number of sulfonamides is 1. The summed E-state index contributed by atoms with van der Waals surface area (Å²) in [5.74, 6) is -1.32. The van der Waals surface area contributed by atoms with Gasteiger partial charge in [0.2, 0.25) is 15.9 Å². The fourth-order valence-corrected chi connectivity index (χ4v) is 5.21. The number of hydrogen-bond acceptors (Lipinski definition) is 5. The molecule has 0 saturated carbocycles. The van der Waals surface area contributed by atoms with Gasteiger partial charge in [0.1, 0.15) is 11.9 Å². The lowest BCUT2D eigenvalue weighted by Crippen LogP contribution is -2.47. The summed E-state index contributed by atoms with van der Waals surface area (Å²) in [6, 6.07) is 4.18. The van der Waals surface area contributed by atoms with Gasteiger partial charge in [0.25, 0.3) is 0 Å². The van der Waals surface area contributed by atoms with Crippen LogP contribution in [0.15, 0.2) is 29.2 Å². The maximum Gasteiger partial charge on any atom is 0.328 e. The number of amides is 1. The third-order valence-electron chi connectivity index (χ3n) is 5.26. The molecule has 1 aromatic carbocycles. The van der Waals surface area contributed by atoms with Crippen LogP contribution in [-0.2, 0) is 24.3 Å². The number of esters is 1. The average Bonchev–Trinajstić information content (AvgIpc) is 3.17. The van der Waals surface area contributed by atoms with Crippen molar-refractivity contribution >= 4 is 21.9 Å². The molecule has 1 amide bonds. The second kappa shape index (κ2) is 7.93. The molecule has 0 bridgehead atoms. The van der Waals surface area contributed by atoms with Crippen LogP contribution in [0.2, 0.25) is 0 Å². The fourth-order valence-electron chi connectivity index (χ4n) is 3.74. The summed E-state index contributed by atoms with van der Waals surface area (Å²) in [7, 11) is -2.40. The van der Waals surface area contributed by atoms with Crippen LogP contribution in [0.4, 0.5) is 4.39 Å². The number of carbonyl (C=O) groups is 2. The highest BCUT2D eigenvalue weighted by Crippen LogP contribution is 2.28. The lowest BCUT2D eigenvalue weighted by atomic mass is 9.96. The molecule has 0 aromatic heterocycles. The molecule has 2 aliphatic rings. The molecule has 1 atom stereocenters. The van der Waals surface area contributed by atoms with Crippen LogP contribution in [0.5, 0.6) is 0 Å². The van der Waals surface area contributed by atoms with E-state index in [9.17, 15) is 22.4 Å².